The first-order valence-electron chi connectivity index (χ1n) is 4.02. The molecule has 0 fully saturated rings. The van der Waals surface area contributed by atoms with E-state index >= 15 is 0 Å². The first kappa shape index (κ1) is 11.7. The van der Waals surface area contributed by atoms with Gasteiger partial charge in [-0.1, -0.05) is 0 Å². The van der Waals surface area contributed by atoms with Crippen molar-refractivity contribution in [1.29, 1.82) is 0 Å². The summed E-state index contributed by atoms with van der Waals surface area (Å²) in [5, 5.41) is 0. The predicted molar refractivity (Wildman–Crippen MR) is 45.2 cm³/mol. The first-order chi connectivity index (χ1) is 6.06. The zero-order chi connectivity index (χ0) is 10.3. The van der Waals surface area contributed by atoms with Gasteiger partial charge in [0.25, 0.3) is 0 Å². The van der Waals surface area contributed by atoms with Gasteiger partial charge in [0.15, 0.2) is 0 Å². The molecule has 72 valence electrons. The van der Waals surface area contributed by atoms with E-state index in [0.717, 1.165) is 0 Å². The number of carbonyl (C=O) groups excluding carboxylic acids is 4. The van der Waals surface area contributed by atoms with Gasteiger partial charge in [0, 0.05) is 12.8 Å². The fraction of sp³-hybridized carbons (Fsp3) is 0.556. The zero-order valence-electron chi connectivity index (χ0n) is 7.54. The second-order valence-electron chi connectivity index (χ2n) is 2.83. The summed E-state index contributed by atoms with van der Waals surface area (Å²) < 4.78 is 0. The highest BCUT2D eigenvalue weighted by Gasteiger charge is 2.08. The fourth-order valence-corrected chi connectivity index (χ4v) is 0.840. The third-order valence-electron chi connectivity index (χ3n) is 1.44. The topological polar surface area (TPSA) is 68.3 Å². The summed E-state index contributed by atoms with van der Waals surface area (Å²) in [5.74, 6) is -0.702. The van der Waals surface area contributed by atoms with Crippen LogP contribution in [0.15, 0.2) is 0 Å². The average Bonchev–Trinajstić information content (AvgIpc) is 2.00. The van der Waals surface area contributed by atoms with Gasteiger partial charge in [-0.2, -0.15) is 0 Å². The summed E-state index contributed by atoms with van der Waals surface area (Å²) in [6, 6.07) is 0. The summed E-state index contributed by atoms with van der Waals surface area (Å²) in [4.78, 5) is 42.0. The fourth-order valence-electron chi connectivity index (χ4n) is 0.840. The molecule has 0 atom stereocenters. The van der Waals surface area contributed by atoms with Crippen LogP contribution in [0.25, 0.3) is 0 Å². The Labute approximate surface area is 76.3 Å². The molecule has 4 heteroatoms. The van der Waals surface area contributed by atoms with Crippen molar-refractivity contribution in [1.82, 2.24) is 0 Å². The smallest absolute Gasteiger partial charge is 0.140 e. The minimum Gasteiger partial charge on any atom is -0.303 e. The highest BCUT2D eigenvalue weighted by molar-refractivity contribution is 6.00. The van der Waals surface area contributed by atoms with E-state index in [1.807, 2.05) is 0 Å². The van der Waals surface area contributed by atoms with Gasteiger partial charge in [0.1, 0.15) is 23.6 Å². The zero-order valence-corrected chi connectivity index (χ0v) is 7.54. The molecule has 0 radical (unpaired) electrons. The van der Waals surface area contributed by atoms with Crippen LogP contribution in [0.4, 0.5) is 0 Å². The van der Waals surface area contributed by atoms with Crippen molar-refractivity contribution in [2.45, 2.75) is 32.6 Å². The summed E-state index contributed by atoms with van der Waals surface area (Å²) >= 11 is 0. The quantitative estimate of drug-likeness (QED) is 0.426. The number of carbonyl (C=O) groups is 4. The number of aldehydes is 1. The molecular weight excluding hydrogens is 172 g/mol. The summed E-state index contributed by atoms with van der Waals surface area (Å²) in [5.41, 5.74) is 0. The van der Waals surface area contributed by atoms with Crippen molar-refractivity contribution in [3.05, 3.63) is 0 Å². The van der Waals surface area contributed by atoms with Gasteiger partial charge in [-0.15, -0.1) is 0 Å². The maximum atomic E-state index is 10.9. The molecule has 0 amide bonds. The number of ketones is 3. The van der Waals surface area contributed by atoms with E-state index < -0.39 is 0 Å². The molecule has 0 rings (SSSR count). The van der Waals surface area contributed by atoms with Crippen LogP contribution in [0.1, 0.15) is 32.6 Å². The van der Waals surface area contributed by atoms with Crippen LogP contribution in [0.2, 0.25) is 0 Å². The maximum absolute atomic E-state index is 10.9. The van der Waals surface area contributed by atoms with E-state index in [-0.39, 0.29) is 43.0 Å². The summed E-state index contributed by atoms with van der Waals surface area (Å²) in [6.45, 7) is 1.32. The lowest BCUT2D eigenvalue weighted by Crippen LogP contribution is -2.07. The Morgan fingerprint density at radius 1 is 1.08 bits per heavy atom. The SMILES string of the molecule is CC(=O)CC(=O)CCC(=O)CC=O. The Balaban J connectivity index is 3.63. The lowest BCUT2D eigenvalue weighted by atomic mass is 10.1. The molecule has 0 heterocycles. The molecule has 0 aliphatic heterocycles. The molecule has 0 saturated heterocycles. The molecule has 0 aromatic heterocycles. The van der Waals surface area contributed by atoms with Gasteiger partial charge in [-0.05, 0) is 6.92 Å². The second kappa shape index (κ2) is 6.22. The first-order valence-corrected chi connectivity index (χ1v) is 4.02. The van der Waals surface area contributed by atoms with E-state index in [4.69, 9.17) is 0 Å². The molecule has 0 aromatic carbocycles. The molecule has 0 unspecified atom stereocenters. The monoisotopic (exact) mass is 184 g/mol. The summed E-state index contributed by atoms with van der Waals surface area (Å²) in [7, 11) is 0. The molecule has 0 N–H and O–H groups in total. The largest absolute Gasteiger partial charge is 0.303 e. The van der Waals surface area contributed by atoms with Crippen molar-refractivity contribution in [2.24, 2.45) is 0 Å². The molecule has 4 nitrogen and oxygen atoms in total. The predicted octanol–water partition coefficient (Wildman–Crippen LogP) is 0.473. The number of rotatable bonds is 7. The number of Topliss-reactive ketones (excluding diaryl/α,β-unsaturated/α-hetero) is 3. The third-order valence-corrected chi connectivity index (χ3v) is 1.44. The van der Waals surface area contributed by atoms with Crippen molar-refractivity contribution >= 4 is 23.6 Å². The van der Waals surface area contributed by atoms with Crippen LogP contribution in [0, 0.1) is 0 Å². The van der Waals surface area contributed by atoms with Gasteiger partial charge in [0.2, 0.25) is 0 Å². The Morgan fingerprint density at radius 3 is 2.08 bits per heavy atom. The van der Waals surface area contributed by atoms with E-state index in [1.54, 1.807) is 0 Å². The third kappa shape index (κ3) is 7.05. The van der Waals surface area contributed by atoms with Crippen molar-refractivity contribution in [2.75, 3.05) is 0 Å². The second-order valence-corrected chi connectivity index (χ2v) is 2.83. The Hall–Kier alpha value is -1.32. The lowest BCUT2D eigenvalue weighted by molar-refractivity contribution is -0.129. The standard InChI is InChI=1S/C9H12O4/c1-7(11)6-9(13)3-2-8(12)4-5-10/h5H,2-4,6H2,1H3. The van der Waals surface area contributed by atoms with Gasteiger partial charge in [0.05, 0.1) is 12.8 Å². The average molecular weight is 184 g/mol. The molecule has 0 spiro atoms. The molecule has 0 saturated carbocycles. The van der Waals surface area contributed by atoms with Crippen molar-refractivity contribution in [3.8, 4) is 0 Å². The molecule has 0 aliphatic rings. The minimum absolute atomic E-state index is 0.0604. The highest BCUT2D eigenvalue weighted by Crippen LogP contribution is 1.98. The van der Waals surface area contributed by atoms with Gasteiger partial charge in [-0.25, -0.2) is 0 Å². The normalized spacial score (nSPS) is 9.31. The molecule has 0 aliphatic carbocycles. The van der Waals surface area contributed by atoms with Gasteiger partial charge >= 0.3 is 0 Å². The van der Waals surface area contributed by atoms with Crippen LogP contribution >= 0.6 is 0 Å². The molecule has 13 heavy (non-hydrogen) atoms. The Morgan fingerprint density at radius 2 is 1.62 bits per heavy atom. The number of hydrogen-bond acceptors (Lipinski definition) is 4. The van der Waals surface area contributed by atoms with Crippen LogP contribution < -0.4 is 0 Å². The van der Waals surface area contributed by atoms with Crippen molar-refractivity contribution in [3.63, 3.8) is 0 Å². The van der Waals surface area contributed by atoms with E-state index in [2.05, 4.69) is 0 Å². The van der Waals surface area contributed by atoms with Crippen molar-refractivity contribution < 1.29 is 19.2 Å². The minimum atomic E-state index is -0.257. The van der Waals surface area contributed by atoms with Crippen LogP contribution in [0.5, 0.6) is 0 Å². The maximum Gasteiger partial charge on any atom is 0.140 e. The molecular formula is C9H12O4. The summed E-state index contributed by atoms with van der Waals surface area (Å²) in [6.07, 6.45) is 0.372. The van der Waals surface area contributed by atoms with E-state index in [1.165, 1.54) is 6.92 Å². The van der Waals surface area contributed by atoms with Crippen LogP contribution in [0.3, 0.4) is 0 Å². The Bertz CT molecular complexity index is 230. The molecule has 0 aromatic rings. The Kier molecular flexibility index (Phi) is 5.59. The highest BCUT2D eigenvalue weighted by atomic mass is 16.2. The van der Waals surface area contributed by atoms with E-state index in [9.17, 15) is 19.2 Å². The van der Waals surface area contributed by atoms with Gasteiger partial charge in [-0.3, -0.25) is 14.4 Å². The van der Waals surface area contributed by atoms with Crippen LogP contribution in [-0.2, 0) is 19.2 Å². The van der Waals surface area contributed by atoms with E-state index in [0.29, 0.717) is 6.29 Å². The lowest BCUT2D eigenvalue weighted by Gasteiger charge is -1.95. The molecule has 0 bridgehead atoms. The van der Waals surface area contributed by atoms with Gasteiger partial charge < -0.3 is 4.79 Å². The van der Waals surface area contributed by atoms with Crippen LogP contribution in [-0.4, -0.2) is 23.6 Å². The number of hydrogen-bond donors (Lipinski definition) is 0.